The Balaban J connectivity index is 1.64. The zero-order chi connectivity index (χ0) is 23.6. The number of fused-ring (bicyclic) bond motifs is 2. The van der Waals surface area contributed by atoms with Crippen molar-refractivity contribution in [1.82, 2.24) is 14.9 Å². The van der Waals surface area contributed by atoms with Crippen molar-refractivity contribution in [2.45, 2.75) is 38.8 Å². The number of nitrogens with zero attached hydrogens (tertiary/aromatic N) is 2. The second-order valence-electron chi connectivity index (χ2n) is 9.06. The lowest BCUT2D eigenvalue weighted by Crippen LogP contribution is -2.47. The molecule has 2 heterocycles. The Bertz CT molecular complexity index is 1310. The number of carbonyl (C=O) groups excluding carboxylic acids is 2. The van der Waals surface area contributed by atoms with E-state index in [9.17, 15) is 9.59 Å². The number of ether oxygens (including phenoxy) is 1. The van der Waals surface area contributed by atoms with Gasteiger partial charge in [-0.2, -0.15) is 0 Å². The van der Waals surface area contributed by atoms with Crippen molar-refractivity contribution in [2.75, 3.05) is 5.32 Å². The quantitative estimate of drug-likeness (QED) is 0.463. The number of para-hydroxylation sites is 2. The smallest absolute Gasteiger partial charge is 0.408 e. The average molecular weight is 445 g/mol. The average Bonchev–Trinajstić information content (AvgIpc) is 3.08. The van der Waals surface area contributed by atoms with Gasteiger partial charge in [0.05, 0.1) is 11.2 Å². The number of rotatable bonds is 5. The Morgan fingerprint density at radius 3 is 2.61 bits per heavy atom. The highest BCUT2D eigenvalue weighted by molar-refractivity contribution is 6.03. The fourth-order valence-corrected chi connectivity index (χ4v) is 3.89. The van der Waals surface area contributed by atoms with Gasteiger partial charge in [0.25, 0.3) is 0 Å². The summed E-state index contributed by atoms with van der Waals surface area (Å²) in [5.74, 6) is -0.341. The van der Waals surface area contributed by atoms with Crippen LogP contribution in [0.15, 0.2) is 67.0 Å². The molecule has 7 heteroatoms. The first-order chi connectivity index (χ1) is 15.7. The number of aromatic nitrogens is 2. The van der Waals surface area contributed by atoms with Crippen LogP contribution in [0.2, 0.25) is 0 Å². The van der Waals surface area contributed by atoms with Gasteiger partial charge in [0.1, 0.15) is 11.6 Å². The summed E-state index contributed by atoms with van der Waals surface area (Å²) >= 11 is 0. The topological polar surface area (TPSA) is 85.2 Å². The second-order valence-corrected chi connectivity index (χ2v) is 9.06. The molecule has 2 aromatic carbocycles. The lowest BCUT2D eigenvalue weighted by atomic mass is 10.0. The summed E-state index contributed by atoms with van der Waals surface area (Å²) in [7, 11) is 1.96. The van der Waals surface area contributed by atoms with Gasteiger partial charge in [-0.1, -0.05) is 36.4 Å². The van der Waals surface area contributed by atoms with Crippen LogP contribution in [0.4, 0.5) is 10.5 Å². The summed E-state index contributed by atoms with van der Waals surface area (Å²) in [5.41, 5.74) is 2.62. The molecule has 0 fully saturated rings. The van der Waals surface area contributed by atoms with Gasteiger partial charge in [-0.05, 0) is 44.5 Å². The molecule has 0 saturated carbocycles. The number of anilines is 1. The molecule has 0 spiro atoms. The molecule has 2 amide bonds. The molecule has 4 aromatic rings. The Hall–Kier alpha value is -3.87. The predicted octanol–water partition coefficient (Wildman–Crippen LogP) is 4.80. The Labute approximate surface area is 192 Å². The molecule has 0 bridgehead atoms. The maximum atomic E-state index is 13.4. The highest BCUT2D eigenvalue weighted by Crippen LogP contribution is 2.24. The first-order valence-electron chi connectivity index (χ1n) is 10.9. The SMILES string of the molecule is Cn1cc(C[C@H](NC(=O)OC(C)(C)C)C(=O)Nc2cccc3cccnc23)c2ccccc21. The molecule has 4 rings (SSSR count). The van der Waals surface area contributed by atoms with Gasteiger partial charge in [-0.15, -0.1) is 0 Å². The van der Waals surface area contributed by atoms with E-state index in [2.05, 4.69) is 15.6 Å². The summed E-state index contributed by atoms with van der Waals surface area (Å²) in [6, 6.07) is 16.5. The molecule has 0 aliphatic carbocycles. The minimum atomic E-state index is -0.843. The fraction of sp³-hybridized carbons (Fsp3) is 0.269. The van der Waals surface area contributed by atoms with E-state index in [1.165, 1.54) is 0 Å². The maximum absolute atomic E-state index is 13.4. The normalized spacial score (nSPS) is 12.5. The van der Waals surface area contributed by atoms with Crippen LogP contribution in [0.25, 0.3) is 21.8 Å². The monoisotopic (exact) mass is 444 g/mol. The number of hydrogen-bond donors (Lipinski definition) is 2. The van der Waals surface area contributed by atoms with Crippen molar-refractivity contribution in [2.24, 2.45) is 7.05 Å². The van der Waals surface area contributed by atoms with Crippen LogP contribution in [-0.4, -0.2) is 33.2 Å². The van der Waals surface area contributed by atoms with Crippen LogP contribution >= 0.6 is 0 Å². The van der Waals surface area contributed by atoms with Crippen LogP contribution in [-0.2, 0) is 23.0 Å². The summed E-state index contributed by atoms with van der Waals surface area (Å²) in [6.45, 7) is 5.36. The molecule has 0 saturated heterocycles. The summed E-state index contributed by atoms with van der Waals surface area (Å²) < 4.78 is 7.44. The first kappa shape index (κ1) is 22.3. The van der Waals surface area contributed by atoms with Gasteiger partial charge < -0.3 is 19.9 Å². The molecule has 1 atom stereocenters. The number of aryl methyl sites for hydroxylation is 1. The molecule has 7 nitrogen and oxygen atoms in total. The molecule has 0 unspecified atom stereocenters. The molecule has 2 N–H and O–H groups in total. The van der Waals surface area contributed by atoms with Crippen LogP contribution in [0.1, 0.15) is 26.3 Å². The van der Waals surface area contributed by atoms with Gasteiger partial charge in [-0.25, -0.2) is 4.79 Å². The van der Waals surface area contributed by atoms with Gasteiger partial charge in [0.2, 0.25) is 5.91 Å². The fourth-order valence-electron chi connectivity index (χ4n) is 3.89. The summed E-state index contributed by atoms with van der Waals surface area (Å²) in [6.07, 6.45) is 3.34. The van der Waals surface area contributed by atoms with E-state index in [1.807, 2.05) is 66.3 Å². The highest BCUT2D eigenvalue weighted by Gasteiger charge is 2.26. The number of alkyl carbamates (subject to hydrolysis) is 1. The summed E-state index contributed by atoms with van der Waals surface area (Å²) in [5, 5.41) is 7.67. The third kappa shape index (κ3) is 5.14. The number of benzene rings is 2. The van der Waals surface area contributed by atoms with E-state index >= 15 is 0 Å². The zero-order valence-electron chi connectivity index (χ0n) is 19.3. The second kappa shape index (κ2) is 8.94. The van der Waals surface area contributed by atoms with Crippen LogP contribution < -0.4 is 10.6 Å². The Morgan fingerprint density at radius 2 is 1.82 bits per heavy atom. The van der Waals surface area contributed by atoms with E-state index in [4.69, 9.17) is 4.74 Å². The third-order valence-corrected chi connectivity index (χ3v) is 5.30. The minimum absolute atomic E-state index is 0.310. The standard InChI is InChI=1S/C26H28N4O3/c1-26(2,3)33-25(32)29-21(15-18-16-30(4)22-13-6-5-11-19(18)22)24(31)28-20-12-7-9-17-10-8-14-27-23(17)20/h5-14,16,21H,15H2,1-4H3,(H,28,31)(H,29,32)/t21-/m0/s1. The number of hydrogen-bond acceptors (Lipinski definition) is 4. The zero-order valence-corrected chi connectivity index (χ0v) is 19.3. The van der Waals surface area contributed by atoms with Crippen molar-refractivity contribution in [1.29, 1.82) is 0 Å². The number of nitrogens with one attached hydrogen (secondary N) is 2. The van der Waals surface area contributed by atoms with Crippen LogP contribution in [0.3, 0.4) is 0 Å². The van der Waals surface area contributed by atoms with Crippen molar-refractivity contribution in [3.05, 3.63) is 72.6 Å². The Kier molecular flexibility index (Phi) is 6.05. The molecule has 0 aliphatic heterocycles. The largest absolute Gasteiger partial charge is 0.444 e. The van der Waals surface area contributed by atoms with Gasteiger partial charge in [0.15, 0.2) is 0 Å². The summed E-state index contributed by atoms with van der Waals surface area (Å²) in [4.78, 5) is 30.4. The van der Waals surface area contributed by atoms with E-state index in [-0.39, 0.29) is 5.91 Å². The molecular weight excluding hydrogens is 416 g/mol. The predicted molar refractivity (Wildman–Crippen MR) is 130 cm³/mol. The van der Waals surface area contributed by atoms with E-state index in [0.717, 1.165) is 21.9 Å². The number of pyridine rings is 1. The van der Waals surface area contributed by atoms with Crippen molar-refractivity contribution >= 4 is 39.5 Å². The van der Waals surface area contributed by atoms with Crippen LogP contribution in [0.5, 0.6) is 0 Å². The lowest BCUT2D eigenvalue weighted by molar-refractivity contribution is -0.118. The molecule has 0 aliphatic rings. The van der Waals surface area contributed by atoms with Gasteiger partial charge >= 0.3 is 6.09 Å². The molecule has 2 aromatic heterocycles. The molecule has 0 radical (unpaired) electrons. The molecule has 170 valence electrons. The third-order valence-electron chi connectivity index (χ3n) is 5.30. The number of carbonyl (C=O) groups is 2. The molecule has 33 heavy (non-hydrogen) atoms. The van der Waals surface area contributed by atoms with E-state index in [1.54, 1.807) is 33.0 Å². The first-order valence-corrected chi connectivity index (χ1v) is 10.9. The number of amides is 2. The van der Waals surface area contributed by atoms with E-state index < -0.39 is 17.7 Å². The van der Waals surface area contributed by atoms with Crippen molar-refractivity contribution in [3.63, 3.8) is 0 Å². The Morgan fingerprint density at radius 1 is 1.06 bits per heavy atom. The minimum Gasteiger partial charge on any atom is -0.444 e. The van der Waals surface area contributed by atoms with Crippen molar-refractivity contribution in [3.8, 4) is 0 Å². The van der Waals surface area contributed by atoms with Gasteiger partial charge in [0, 0.05) is 42.2 Å². The van der Waals surface area contributed by atoms with Crippen LogP contribution in [0, 0.1) is 0 Å². The maximum Gasteiger partial charge on any atom is 0.408 e. The lowest BCUT2D eigenvalue weighted by Gasteiger charge is -2.23. The highest BCUT2D eigenvalue weighted by atomic mass is 16.6. The van der Waals surface area contributed by atoms with E-state index in [0.29, 0.717) is 17.6 Å². The van der Waals surface area contributed by atoms with Gasteiger partial charge in [-0.3, -0.25) is 9.78 Å². The van der Waals surface area contributed by atoms with Crippen molar-refractivity contribution < 1.29 is 14.3 Å². The molecular formula is C26H28N4O3.